The number of fused-ring (bicyclic) bond motifs is 1. The average Bonchev–Trinajstić information content (AvgIpc) is 2.81. The number of carbonyl (C=O) groups excluding carboxylic acids is 1. The average molecular weight is 320 g/mol. The maximum atomic E-state index is 11.1. The molecule has 0 radical (unpaired) electrons. The maximum Gasteiger partial charge on any atom is 0.124 e. The van der Waals surface area contributed by atoms with Crippen LogP contribution in [0.1, 0.15) is 35.6 Å². The van der Waals surface area contributed by atoms with E-state index in [1.54, 1.807) is 11.8 Å². The molecule has 3 rings (SSSR count). The highest BCUT2D eigenvalue weighted by Crippen LogP contribution is 2.43. The van der Waals surface area contributed by atoms with Crippen molar-refractivity contribution in [2.24, 2.45) is 0 Å². The van der Waals surface area contributed by atoms with E-state index in [9.17, 15) is 4.79 Å². The molecule has 2 heteroatoms. The van der Waals surface area contributed by atoms with Crippen molar-refractivity contribution in [3.05, 3.63) is 70.3 Å². The molecule has 0 spiro atoms. The Morgan fingerprint density at radius 3 is 2.39 bits per heavy atom. The number of allylic oxidation sites excluding steroid dienone is 3. The Labute approximate surface area is 142 Å². The Balaban J connectivity index is 2.11. The molecule has 23 heavy (non-hydrogen) atoms. The molecular formula is C21H20OS. The monoisotopic (exact) mass is 320 g/mol. The predicted octanol–water partition coefficient (Wildman–Crippen LogP) is 5.63. The van der Waals surface area contributed by atoms with E-state index in [-0.39, 0.29) is 0 Å². The minimum Gasteiger partial charge on any atom is -0.303 e. The van der Waals surface area contributed by atoms with Crippen molar-refractivity contribution < 1.29 is 4.79 Å². The summed E-state index contributed by atoms with van der Waals surface area (Å²) in [6.07, 6.45) is 5.79. The van der Waals surface area contributed by atoms with E-state index >= 15 is 0 Å². The fourth-order valence-electron chi connectivity index (χ4n) is 3.11. The Morgan fingerprint density at radius 2 is 1.74 bits per heavy atom. The summed E-state index contributed by atoms with van der Waals surface area (Å²) < 4.78 is 0. The molecule has 0 saturated heterocycles. The van der Waals surface area contributed by atoms with Crippen molar-refractivity contribution in [1.82, 2.24) is 0 Å². The first kappa shape index (κ1) is 15.8. The number of carbonyl (C=O) groups is 1. The lowest BCUT2D eigenvalue weighted by Gasteiger charge is -2.06. The van der Waals surface area contributed by atoms with E-state index in [4.69, 9.17) is 0 Å². The molecule has 0 heterocycles. The van der Waals surface area contributed by atoms with Gasteiger partial charge in [-0.05, 0) is 71.7 Å². The summed E-state index contributed by atoms with van der Waals surface area (Å²) in [5, 5.41) is 0. The molecule has 2 aromatic rings. The minimum atomic E-state index is 0.477. The minimum absolute atomic E-state index is 0.477. The van der Waals surface area contributed by atoms with Gasteiger partial charge < -0.3 is 4.79 Å². The molecule has 116 valence electrons. The highest BCUT2D eigenvalue weighted by molar-refractivity contribution is 7.98. The van der Waals surface area contributed by atoms with Gasteiger partial charge in [-0.15, -0.1) is 11.8 Å². The van der Waals surface area contributed by atoms with Gasteiger partial charge in [-0.1, -0.05) is 35.9 Å². The number of benzene rings is 2. The third-order valence-electron chi connectivity index (χ3n) is 4.36. The van der Waals surface area contributed by atoms with Crippen LogP contribution in [0.15, 0.2) is 52.9 Å². The van der Waals surface area contributed by atoms with Crippen molar-refractivity contribution in [3.63, 3.8) is 0 Å². The first-order valence-electron chi connectivity index (χ1n) is 7.75. The van der Waals surface area contributed by atoms with E-state index < -0.39 is 0 Å². The van der Waals surface area contributed by atoms with E-state index in [0.29, 0.717) is 6.42 Å². The number of hydrogen-bond acceptors (Lipinski definition) is 2. The highest BCUT2D eigenvalue weighted by atomic mass is 32.2. The molecular weight excluding hydrogens is 300 g/mol. The van der Waals surface area contributed by atoms with Crippen molar-refractivity contribution in [2.75, 3.05) is 6.26 Å². The highest BCUT2D eigenvalue weighted by Gasteiger charge is 2.23. The van der Waals surface area contributed by atoms with Gasteiger partial charge in [0.15, 0.2) is 0 Å². The molecule has 0 aromatic heterocycles. The van der Waals surface area contributed by atoms with Crippen LogP contribution in [0.25, 0.3) is 17.2 Å². The summed E-state index contributed by atoms with van der Waals surface area (Å²) in [5.74, 6) is 0. The van der Waals surface area contributed by atoms with Crippen LogP contribution in [0.2, 0.25) is 0 Å². The smallest absolute Gasteiger partial charge is 0.124 e. The van der Waals surface area contributed by atoms with Crippen molar-refractivity contribution in [1.29, 1.82) is 0 Å². The third kappa shape index (κ3) is 3.04. The van der Waals surface area contributed by atoms with Crippen molar-refractivity contribution in [2.45, 2.75) is 25.2 Å². The second-order valence-electron chi connectivity index (χ2n) is 5.85. The van der Waals surface area contributed by atoms with Gasteiger partial charge in [0.2, 0.25) is 0 Å². The van der Waals surface area contributed by atoms with Gasteiger partial charge in [0.05, 0.1) is 0 Å². The zero-order chi connectivity index (χ0) is 16.4. The Bertz CT molecular complexity index is 810. The van der Waals surface area contributed by atoms with E-state index in [2.05, 4.69) is 68.6 Å². The summed E-state index contributed by atoms with van der Waals surface area (Å²) in [5.41, 5.74) is 8.47. The second kappa shape index (κ2) is 6.59. The van der Waals surface area contributed by atoms with Crippen molar-refractivity contribution >= 4 is 35.3 Å². The van der Waals surface area contributed by atoms with E-state index in [1.807, 2.05) is 0 Å². The van der Waals surface area contributed by atoms with E-state index in [1.165, 1.54) is 38.3 Å². The zero-order valence-corrected chi connectivity index (χ0v) is 14.5. The van der Waals surface area contributed by atoms with Gasteiger partial charge in [-0.2, -0.15) is 0 Å². The lowest BCUT2D eigenvalue weighted by molar-refractivity contribution is -0.107. The number of thioether (sulfide) groups is 1. The fourth-order valence-corrected chi connectivity index (χ4v) is 3.52. The fraction of sp³-hybridized carbons (Fsp3) is 0.190. The Morgan fingerprint density at radius 1 is 1.00 bits per heavy atom. The molecule has 0 atom stereocenters. The van der Waals surface area contributed by atoms with Crippen LogP contribution < -0.4 is 0 Å². The van der Waals surface area contributed by atoms with Crippen LogP contribution in [-0.4, -0.2) is 12.5 Å². The second-order valence-corrected chi connectivity index (χ2v) is 6.73. The molecule has 0 aliphatic heterocycles. The lowest BCUT2D eigenvalue weighted by Crippen LogP contribution is -1.87. The summed E-state index contributed by atoms with van der Waals surface area (Å²) in [6.45, 7) is 4.22. The van der Waals surface area contributed by atoms with Gasteiger partial charge in [-0.3, -0.25) is 0 Å². The predicted molar refractivity (Wildman–Crippen MR) is 101 cm³/mol. The van der Waals surface area contributed by atoms with Gasteiger partial charge in [-0.25, -0.2) is 0 Å². The molecule has 1 aliphatic rings. The summed E-state index contributed by atoms with van der Waals surface area (Å²) in [4.78, 5) is 12.3. The van der Waals surface area contributed by atoms with Gasteiger partial charge in [0, 0.05) is 11.3 Å². The quantitative estimate of drug-likeness (QED) is 0.536. The number of aryl methyl sites for hydroxylation is 1. The molecule has 0 saturated carbocycles. The van der Waals surface area contributed by atoms with E-state index in [0.717, 1.165) is 11.9 Å². The molecule has 0 unspecified atom stereocenters. The first-order chi connectivity index (χ1) is 11.1. The summed E-state index contributed by atoms with van der Waals surface area (Å²) in [7, 11) is 0. The third-order valence-corrected chi connectivity index (χ3v) is 5.10. The van der Waals surface area contributed by atoms with Crippen LogP contribution >= 0.6 is 11.8 Å². The van der Waals surface area contributed by atoms with Gasteiger partial charge in [0.25, 0.3) is 0 Å². The topological polar surface area (TPSA) is 17.1 Å². The van der Waals surface area contributed by atoms with Crippen LogP contribution in [0.3, 0.4) is 0 Å². The van der Waals surface area contributed by atoms with Crippen LogP contribution in [-0.2, 0) is 4.79 Å². The Hall–Kier alpha value is -2.06. The van der Waals surface area contributed by atoms with Crippen LogP contribution in [0.4, 0.5) is 0 Å². The van der Waals surface area contributed by atoms with Crippen LogP contribution in [0.5, 0.6) is 0 Å². The largest absolute Gasteiger partial charge is 0.303 e. The summed E-state index contributed by atoms with van der Waals surface area (Å²) in [6, 6.07) is 15.1. The molecule has 1 aliphatic carbocycles. The number of hydrogen-bond donors (Lipinski definition) is 0. The zero-order valence-electron chi connectivity index (χ0n) is 13.7. The maximum absolute atomic E-state index is 11.1. The SMILES string of the molecule is CSc1ccc(/C=C2/C(C)=C(CC=O)c3cc(C)ccc32)cc1. The van der Waals surface area contributed by atoms with Crippen LogP contribution in [0, 0.1) is 6.92 Å². The first-order valence-corrected chi connectivity index (χ1v) is 8.97. The Kier molecular flexibility index (Phi) is 4.53. The number of aldehydes is 1. The molecule has 2 aromatic carbocycles. The van der Waals surface area contributed by atoms with Gasteiger partial charge >= 0.3 is 0 Å². The molecule has 1 nitrogen and oxygen atoms in total. The molecule has 0 fully saturated rings. The van der Waals surface area contributed by atoms with Gasteiger partial charge in [0.1, 0.15) is 6.29 Å². The normalized spacial score (nSPS) is 15.2. The van der Waals surface area contributed by atoms with Crippen molar-refractivity contribution in [3.8, 4) is 0 Å². The molecule has 0 N–H and O–H groups in total. The number of rotatable bonds is 4. The lowest BCUT2D eigenvalue weighted by atomic mass is 9.99. The summed E-state index contributed by atoms with van der Waals surface area (Å²) >= 11 is 1.75. The standard InChI is InChI=1S/C21H20OS/c1-14-4-9-19-20(13-16-5-7-17(23-3)8-6-16)15(2)18(10-11-22)21(19)12-14/h4-9,11-13H,10H2,1-3H3/b20-13-. The molecule has 0 bridgehead atoms. The molecule has 0 amide bonds.